The fourth-order valence-corrected chi connectivity index (χ4v) is 4.09. The number of alkyl carbamates (subject to hydrolysis) is 1. The number of benzene rings is 1. The summed E-state index contributed by atoms with van der Waals surface area (Å²) < 4.78 is 10.4. The highest BCUT2D eigenvalue weighted by Crippen LogP contribution is 2.14. The van der Waals surface area contributed by atoms with E-state index in [4.69, 9.17) is 9.26 Å². The SMILES string of the molecule is CC(C)C(NC(=O)OCc1ccccc1)C(=O)NC(C(=O)NC1Cc2cnoc2CCNC(=O)C1=O)C(C)C. The first-order chi connectivity index (χ1) is 18.6. The van der Waals surface area contributed by atoms with Crippen LogP contribution in [0.1, 0.15) is 44.6 Å². The molecule has 1 aromatic carbocycles. The van der Waals surface area contributed by atoms with Crippen molar-refractivity contribution in [3.8, 4) is 0 Å². The van der Waals surface area contributed by atoms with E-state index in [1.54, 1.807) is 27.7 Å². The molecule has 1 aromatic heterocycles. The van der Waals surface area contributed by atoms with Gasteiger partial charge in [0.25, 0.3) is 5.91 Å². The Balaban J connectivity index is 1.67. The number of nitrogens with one attached hydrogen (secondary N) is 4. The van der Waals surface area contributed by atoms with Gasteiger partial charge < -0.3 is 30.5 Å². The van der Waals surface area contributed by atoms with Crippen LogP contribution in [-0.4, -0.2) is 59.4 Å². The number of hydrogen-bond donors (Lipinski definition) is 4. The van der Waals surface area contributed by atoms with E-state index in [9.17, 15) is 24.0 Å². The van der Waals surface area contributed by atoms with Crippen LogP contribution in [0.5, 0.6) is 0 Å². The third-order valence-electron chi connectivity index (χ3n) is 6.33. The summed E-state index contributed by atoms with van der Waals surface area (Å²) in [6.07, 6.45) is 1.05. The molecule has 3 unspecified atom stereocenters. The summed E-state index contributed by atoms with van der Waals surface area (Å²) in [5.74, 6) is -3.04. The Kier molecular flexibility index (Phi) is 10.2. The third kappa shape index (κ3) is 8.13. The van der Waals surface area contributed by atoms with Crippen LogP contribution in [0.2, 0.25) is 0 Å². The highest BCUT2D eigenvalue weighted by atomic mass is 16.5. The number of fused-ring (bicyclic) bond motifs is 1. The molecule has 2 aromatic rings. The number of ether oxygens (including phenoxy) is 1. The van der Waals surface area contributed by atoms with Crippen molar-refractivity contribution in [1.82, 2.24) is 26.4 Å². The number of hydrogen-bond acceptors (Lipinski definition) is 8. The van der Waals surface area contributed by atoms with Gasteiger partial charge in [-0.05, 0) is 17.4 Å². The van der Waals surface area contributed by atoms with Crippen LogP contribution in [0.25, 0.3) is 0 Å². The number of Topliss-reactive ketones (excluding diaryl/α,β-unsaturated/α-hetero) is 1. The number of rotatable bonds is 9. The molecule has 39 heavy (non-hydrogen) atoms. The van der Waals surface area contributed by atoms with E-state index in [1.165, 1.54) is 6.20 Å². The number of carbonyl (C=O) groups is 5. The van der Waals surface area contributed by atoms with Crippen LogP contribution in [0.4, 0.5) is 4.79 Å². The second-order valence-electron chi connectivity index (χ2n) is 10.1. The average Bonchev–Trinajstić information content (AvgIpc) is 3.35. The lowest BCUT2D eigenvalue weighted by Gasteiger charge is -2.28. The minimum absolute atomic E-state index is 0.0129. The number of aromatic nitrogens is 1. The van der Waals surface area contributed by atoms with Gasteiger partial charge in [-0.15, -0.1) is 0 Å². The quantitative estimate of drug-likeness (QED) is 0.341. The van der Waals surface area contributed by atoms with Gasteiger partial charge in [0, 0.05) is 24.9 Å². The Morgan fingerprint density at radius 1 is 1.03 bits per heavy atom. The maximum absolute atomic E-state index is 13.3. The van der Waals surface area contributed by atoms with Crippen molar-refractivity contribution in [2.45, 2.75) is 65.3 Å². The zero-order chi connectivity index (χ0) is 28.5. The van der Waals surface area contributed by atoms with Gasteiger partial charge in [0.05, 0.1) is 6.20 Å². The van der Waals surface area contributed by atoms with Crippen molar-refractivity contribution in [3.05, 3.63) is 53.4 Å². The van der Waals surface area contributed by atoms with Crippen LogP contribution in [-0.2, 0) is 43.4 Å². The second-order valence-corrected chi connectivity index (χ2v) is 10.1. The van der Waals surface area contributed by atoms with E-state index in [2.05, 4.69) is 26.4 Å². The molecule has 4 N–H and O–H groups in total. The summed E-state index contributed by atoms with van der Waals surface area (Å²) in [6.45, 7) is 7.18. The maximum atomic E-state index is 13.3. The maximum Gasteiger partial charge on any atom is 0.408 e. The number of nitrogens with zero attached hydrogens (tertiary/aromatic N) is 1. The van der Waals surface area contributed by atoms with Gasteiger partial charge in [0.15, 0.2) is 0 Å². The van der Waals surface area contributed by atoms with Crippen LogP contribution in [0, 0.1) is 11.8 Å². The number of ketones is 1. The number of carbonyl (C=O) groups excluding carboxylic acids is 5. The Morgan fingerprint density at radius 3 is 2.36 bits per heavy atom. The van der Waals surface area contributed by atoms with Crippen LogP contribution in [0.3, 0.4) is 0 Å². The molecule has 1 aliphatic rings. The largest absolute Gasteiger partial charge is 0.445 e. The summed E-state index contributed by atoms with van der Waals surface area (Å²) >= 11 is 0. The van der Waals surface area contributed by atoms with Gasteiger partial charge >= 0.3 is 6.09 Å². The Morgan fingerprint density at radius 2 is 1.69 bits per heavy atom. The minimum atomic E-state index is -1.18. The first-order valence-electron chi connectivity index (χ1n) is 12.9. The van der Waals surface area contributed by atoms with Crippen LogP contribution >= 0.6 is 0 Å². The first-order valence-corrected chi connectivity index (χ1v) is 12.9. The third-order valence-corrected chi connectivity index (χ3v) is 6.33. The molecule has 210 valence electrons. The molecule has 0 saturated carbocycles. The molecule has 2 heterocycles. The lowest BCUT2D eigenvalue weighted by molar-refractivity contribution is -0.140. The molecule has 3 atom stereocenters. The molecule has 12 nitrogen and oxygen atoms in total. The van der Waals surface area contributed by atoms with E-state index in [1.807, 2.05) is 30.3 Å². The predicted molar refractivity (Wildman–Crippen MR) is 139 cm³/mol. The van der Waals surface area contributed by atoms with Crippen molar-refractivity contribution >= 4 is 29.6 Å². The van der Waals surface area contributed by atoms with Crippen molar-refractivity contribution in [1.29, 1.82) is 0 Å². The van der Waals surface area contributed by atoms with Gasteiger partial charge in [-0.1, -0.05) is 63.2 Å². The van der Waals surface area contributed by atoms with E-state index in [0.29, 0.717) is 17.7 Å². The van der Waals surface area contributed by atoms with Gasteiger partial charge in [-0.25, -0.2) is 4.79 Å². The van der Waals surface area contributed by atoms with E-state index >= 15 is 0 Å². The molecule has 0 fully saturated rings. The lowest BCUT2D eigenvalue weighted by atomic mass is 9.98. The molecule has 0 saturated heterocycles. The Labute approximate surface area is 226 Å². The van der Waals surface area contributed by atoms with Gasteiger partial charge in [0.1, 0.15) is 30.5 Å². The van der Waals surface area contributed by atoms with Gasteiger partial charge in [-0.2, -0.15) is 0 Å². The van der Waals surface area contributed by atoms with Crippen molar-refractivity contribution < 1.29 is 33.2 Å². The Bertz CT molecular complexity index is 1180. The fraction of sp³-hybridized carbons (Fsp3) is 0.481. The molecule has 1 aliphatic heterocycles. The van der Waals surface area contributed by atoms with Crippen LogP contribution < -0.4 is 21.3 Å². The molecular weight excluding hydrogens is 506 g/mol. The first kappa shape index (κ1) is 29.3. The van der Waals surface area contributed by atoms with Crippen molar-refractivity contribution in [2.75, 3.05) is 6.54 Å². The molecule has 0 spiro atoms. The minimum Gasteiger partial charge on any atom is -0.445 e. The highest BCUT2D eigenvalue weighted by Gasteiger charge is 2.35. The van der Waals surface area contributed by atoms with Gasteiger partial charge in [-0.3, -0.25) is 19.2 Å². The van der Waals surface area contributed by atoms with E-state index < -0.39 is 47.7 Å². The normalized spacial score (nSPS) is 17.1. The monoisotopic (exact) mass is 541 g/mol. The van der Waals surface area contributed by atoms with E-state index in [-0.39, 0.29) is 31.4 Å². The second kappa shape index (κ2) is 13.5. The summed E-state index contributed by atoms with van der Waals surface area (Å²) in [5.41, 5.74) is 1.40. The Hall–Kier alpha value is -4.22. The molecule has 0 aliphatic carbocycles. The lowest BCUT2D eigenvalue weighted by Crippen LogP contribution is -2.59. The zero-order valence-corrected chi connectivity index (χ0v) is 22.5. The smallest absolute Gasteiger partial charge is 0.408 e. The highest BCUT2D eigenvalue weighted by molar-refractivity contribution is 6.38. The van der Waals surface area contributed by atoms with Crippen molar-refractivity contribution in [3.63, 3.8) is 0 Å². The molecule has 3 rings (SSSR count). The average molecular weight is 542 g/mol. The molecular formula is C27H35N5O7. The van der Waals surface area contributed by atoms with E-state index in [0.717, 1.165) is 5.56 Å². The fourth-order valence-electron chi connectivity index (χ4n) is 4.09. The van der Waals surface area contributed by atoms with Crippen molar-refractivity contribution in [2.24, 2.45) is 11.8 Å². The summed E-state index contributed by atoms with van der Waals surface area (Å²) in [5, 5.41) is 14.1. The predicted octanol–water partition coefficient (Wildman–Crippen LogP) is 1.04. The summed E-state index contributed by atoms with van der Waals surface area (Å²) in [6, 6.07) is 5.88. The summed E-state index contributed by atoms with van der Waals surface area (Å²) in [7, 11) is 0. The molecule has 4 amide bonds. The molecule has 0 radical (unpaired) electrons. The molecule has 12 heteroatoms. The standard InChI is InChI=1S/C27H35N5O7/c1-15(2)21(24(34)30-19-12-18-13-29-39-20(18)10-11-28-26(36)23(19)33)31-25(35)22(16(3)4)32-27(37)38-14-17-8-6-5-7-9-17/h5-9,13,15-16,19,21-22H,10-12,14H2,1-4H3,(H,28,36)(H,30,34)(H,31,35)(H,32,37). The number of amides is 4. The topological polar surface area (TPSA) is 169 Å². The van der Waals surface area contributed by atoms with Gasteiger partial charge in [0.2, 0.25) is 17.6 Å². The molecule has 0 bridgehead atoms. The summed E-state index contributed by atoms with van der Waals surface area (Å²) in [4.78, 5) is 64.0. The van der Waals surface area contributed by atoms with Crippen LogP contribution in [0.15, 0.2) is 41.1 Å². The zero-order valence-electron chi connectivity index (χ0n) is 22.5.